The summed E-state index contributed by atoms with van der Waals surface area (Å²) in [7, 11) is 1.68. The lowest BCUT2D eigenvalue weighted by molar-refractivity contribution is 0.0517. The highest BCUT2D eigenvalue weighted by Crippen LogP contribution is 2.31. The number of nitrogens with zero attached hydrogens (tertiary/aromatic N) is 3. The molecule has 8 heteroatoms. The van der Waals surface area contributed by atoms with E-state index in [0.29, 0.717) is 22.8 Å². The predicted octanol–water partition coefficient (Wildman–Crippen LogP) is 3.51. The normalized spacial score (nSPS) is 14.2. The monoisotopic (exact) mass is 398 g/mol. The number of rotatable bonds is 6. The molecule has 1 fully saturated rings. The van der Waals surface area contributed by atoms with E-state index in [1.54, 1.807) is 32.2 Å². The van der Waals surface area contributed by atoms with Gasteiger partial charge < -0.3 is 14.8 Å². The molecule has 28 heavy (non-hydrogen) atoms. The quantitative estimate of drug-likeness (QED) is 0.739. The molecule has 0 bridgehead atoms. The number of nitriles is 1. The lowest BCUT2D eigenvalue weighted by atomic mass is 10.1. The molecule has 3 rings (SSSR count). The van der Waals surface area contributed by atoms with Crippen molar-refractivity contribution in [3.05, 3.63) is 35.4 Å². The molecule has 0 spiro atoms. The predicted molar refractivity (Wildman–Crippen MR) is 109 cm³/mol. The Hall–Kier alpha value is -2.79. The first-order valence-corrected chi connectivity index (χ1v) is 10.3. The molecule has 2 aromatic rings. The summed E-state index contributed by atoms with van der Waals surface area (Å²) in [5.41, 5.74) is 1.38. The van der Waals surface area contributed by atoms with Crippen LogP contribution in [0.5, 0.6) is 5.88 Å². The summed E-state index contributed by atoms with van der Waals surface area (Å²) >= 11 is 1.89. The first-order chi connectivity index (χ1) is 13.7. The van der Waals surface area contributed by atoms with Crippen LogP contribution in [0.15, 0.2) is 24.3 Å². The largest absolute Gasteiger partial charge is 0.474 e. The van der Waals surface area contributed by atoms with Crippen LogP contribution in [0.4, 0.5) is 5.82 Å². The molecule has 0 atom stereocenters. The molecule has 1 aliphatic heterocycles. The van der Waals surface area contributed by atoms with Crippen molar-refractivity contribution in [1.29, 1.82) is 5.26 Å². The maximum absolute atomic E-state index is 12.6. The maximum atomic E-state index is 12.6. The lowest BCUT2D eigenvalue weighted by Gasteiger charge is -2.24. The van der Waals surface area contributed by atoms with E-state index in [-0.39, 0.29) is 24.2 Å². The Bertz CT molecular complexity index is 892. The highest BCUT2D eigenvalue weighted by molar-refractivity contribution is 7.99. The van der Waals surface area contributed by atoms with E-state index in [9.17, 15) is 4.79 Å². The lowest BCUT2D eigenvalue weighted by Crippen LogP contribution is -2.24. The van der Waals surface area contributed by atoms with Crippen molar-refractivity contribution in [2.75, 3.05) is 30.5 Å². The van der Waals surface area contributed by atoms with Crippen LogP contribution in [0.3, 0.4) is 0 Å². The van der Waals surface area contributed by atoms with Crippen LogP contribution in [0.1, 0.15) is 35.7 Å². The van der Waals surface area contributed by atoms with Gasteiger partial charge in [-0.3, -0.25) is 0 Å². The Morgan fingerprint density at radius 3 is 2.82 bits per heavy atom. The molecular weight excluding hydrogens is 376 g/mol. The van der Waals surface area contributed by atoms with Crippen LogP contribution in [-0.4, -0.2) is 47.2 Å². The molecule has 0 saturated carbocycles. The third-order valence-electron chi connectivity index (χ3n) is 4.29. The van der Waals surface area contributed by atoms with Gasteiger partial charge in [0.1, 0.15) is 11.9 Å². The Morgan fingerprint density at radius 1 is 1.36 bits per heavy atom. The molecule has 0 unspecified atom stereocenters. The van der Waals surface area contributed by atoms with Crippen LogP contribution in [0.25, 0.3) is 11.4 Å². The molecule has 0 amide bonds. The summed E-state index contributed by atoms with van der Waals surface area (Å²) in [5, 5.41) is 12.1. The van der Waals surface area contributed by atoms with Gasteiger partial charge in [-0.2, -0.15) is 22.0 Å². The number of carbonyl (C=O) groups is 1. The van der Waals surface area contributed by atoms with Gasteiger partial charge in [-0.05, 0) is 43.4 Å². The van der Waals surface area contributed by atoms with Crippen LogP contribution in [0.2, 0.25) is 0 Å². The summed E-state index contributed by atoms with van der Waals surface area (Å²) in [6.45, 7) is 1.99. The third kappa shape index (κ3) is 4.54. The van der Waals surface area contributed by atoms with Gasteiger partial charge in [0.15, 0.2) is 11.4 Å². The minimum absolute atomic E-state index is 0.00711. The van der Waals surface area contributed by atoms with Gasteiger partial charge in [-0.1, -0.05) is 12.1 Å². The Kier molecular flexibility index (Phi) is 6.71. The van der Waals surface area contributed by atoms with Gasteiger partial charge in [0.2, 0.25) is 5.88 Å². The molecule has 1 aromatic heterocycles. The second-order valence-electron chi connectivity index (χ2n) is 6.17. The molecule has 146 valence electrons. The summed E-state index contributed by atoms with van der Waals surface area (Å²) in [4.78, 5) is 21.6. The van der Waals surface area contributed by atoms with Crippen molar-refractivity contribution in [3.8, 4) is 23.3 Å². The molecule has 0 aliphatic carbocycles. The van der Waals surface area contributed by atoms with Crippen LogP contribution >= 0.6 is 11.8 Å². The number of esters is 1. The van der Waals surface area contributed by atoms with Crippen molar-refractivity contribution in [2.24, 2.45) is 0 Å². The molecule has 2 heterocycles. The fourth-order valence-electron chi connectivity index (χ4n) is 2.90. The number of hydrogen-bond donors (Lipinski definition) is 1. The van der Waals surface area contributed by atoms with Crippen LogP contribution in [-0.2, 0) is 4.74 Å². The fraction of sp³-hybridized carbons (Fsp3) is 0.400. The first kappa shape index (κ1) is 20.0. The zero-order chi connectivity index (χ0) is 19.9. The van der Waals surface area contributed by atoms with Crippen molar-refractivity contribution in [1.82, 2.24) is 9.97 Å². The van der Waals surface area contributed by atoms with Gasteiger partial charge in [-0.15, -0.1) is 0 Å². The average molecular weight is 398 g/mol. The molecular formula is C20H22N4O3S. The molecule has 1 aliphatic rings. The van der Waals surface area contributed by atoms with E-state index in [2.05, 4.69) is 21.4 Å². The van der Waals surface area contributed by atoms with Gasteiger partial charge in [-0.25, -0.2) is 9.78 Å². The van der Waals surface area contributed by atoms with E-state index in [1.165, 1.54) is 0 Å². The third-order valence-corrected chi connectivity index (χ3v) is 5.34. The minimum Gasteiger partial charge on any atom is -0.474 e. The summed E-state index contributed by atoms with van der Waals surface area (Å²) in [5.74, 6) is 2.44. The Labute approximate surface area is 168 Å². The van der Waals surface area contributed by atoms with E-state index >= 15 is 0 Å². The van der Waals surface area contributed by atoms with E-state index in [0.717, 1.165) is 24.3 Å². The maximum Gasteiger partial charge on any atom is 0.347 e. The van der Waals surface area contributed by atoms with E-state index in [4.69, 9.17) is 14.7 Å². The van der Waals surface area contributed by atoms with E-state index < -0.39 is 5.97 Å². The van der Waals surface area contributed by atoms with Crippen molar-refractivity contribution in [3.63, 3.8) is 0 Å². The van der Waals surface area contributed by atoms with Crippen molar-refractivity contribution < 1.29 is 14.3 Å². The average Bonchev–Trinajstić information content (AvgIpc) is 2.74. The topological polar surface area (TPSA) is 97.1 Å². The van der Waals surface area contributed by atoms with Gasteiger partial charge in [0, 0.05) is 12.6 Å². The standard InChI is InChI=1S/C20H22N4O3S/c1-3-26-20(25)16-18(22-2)23-17(14-6-4-5-13(11-14)12-21)24-19(16)27-15-7-9-28-10-8-15/h4-6,11,15H,3,7-10H2,1-2H3,(H,22,23,24). The van der Waals surface area contributed by atoms with Gasteiger partial charge >= 0.3 is 5.97 Å². The number of hydrogen-bond acceptors (Lipinski definition) is 8. The number of benzene rings is 1. The molecule has 1 saturated heterocycles. The Morgan fingerprint density at radius 2 is 2.14 bits per heavy atom. The van der Waals surface area contributed by atoms with Crippen LogP contribution in [0, 0.1) is 11.3 Å². The highest BCUT2D eigenvalue weighted by Gasteiger charge is 2.26. The zero-order valence-corrected chi connectivity index (χ0v) is 16.7. The number of aromatic nitrogens is 2. The minimum atomic E-state index is -0.524. The Balaban J connectivity index is 2.08. The molecule has 1 N–H and O–H groups in total. The molecule has 7 nitrogen and oxygen atoms in total. The number of ether oxygens (including phenoxy) is 2. The summed E-state index contributed by atoms with van der Waals surface area (Å²) < 4.78 is 11.3. The summed E-state index contributed by atoms with van der Waals surface area (Å²) in [6.07, 6.45) is 1.78. The number of anilines is 1. The zero-order valence-electron chi connectivity index (χ0n) is 15.9. The number of thioether (sulfide) groups is 1. The second-order valence-corrected chi connectivity index (χ2v) is 7.39. The van der Waals surface area contributed by atoms with Crippen LogP contribution < -0.4 is 10.1 Å². The van der Waals surface area contributed by atoms with Gasteiger partial charge in [0.25, 0.3) is 0 Å². The molecule has 0 radical (unpaired) electrons. The highest BCUT2D eigenvalue weighted by atomic mass is 32.2. The van der Waals surface area contributed by atoms with E-state index in [1.807, 2.05) is 17.8 Å². The molecule has 1 aromatic carbocycles. The smallest absolute Gasteiger partial charge is 0.347 e. The SMILES string of the molecule is CCOC(=O)c1c(NC)nc(-c2cccc(C#N)c2)nc1OC1CCSCC1. The van der Waals surface area contributed by atoms with Gasteiger partial charge in [0.05, 0.1) is 18.2 Å². The first-order valence-electron chi connectivity index (χ1n) is 9.18. The fourth-order valence-corrected chi connectivity index (χ4v) is 3.97. The number of carbonyl (C=O) groups excluding carboxylic acids is 1. The van der Waals surface area contributed by atoms with Crippen molar-refractivity contribution >= 4 is 23.5 Å². The second kappa shape index (κ2) is 9.42. The van der Waals surface area contributed by atoms with Crippen molar-refractivity contribution in [2.45, 2.75) is 25.9 Å². The summed E-state index contributed by atoms with van der Waals surface area (Å²) in [6, 6.07) is 9.13. The number of nitrogens with one attached hydrogen (secondary N) is 1.